The third kappa shape index (κ3) is 3.39. The lowest BCUT2D eigenvalue weighted by Crippen LogP contribution is -2.36. The second-order valence-corrected chi connectivity index (χ2v) is 5.05. The summed E-state index contributed by atoms with van der Waals surface area (Å²) in [6.07, 6.45) is 3.91. The van der Waals surface area contributed by atoms with Gasteiger partial charge in [-0.1, -0.05) is 13.3 Å². The van der Waals surface area contributed by atoms with Crippen molar-refractivity contribution in [3.8, 4) is 0 Å². The summed E-state index contributed by atoms with van der Waals surface area (Å²) in [5.41, 5.74) is 0.600. The Hall–Kier alpha value is -1.22. The van der Waals surface area contributed by atoms with Gasteiger partial charge >= 0.3 is 0 Å². The van der Waals surface area contributed by atoms with E-state index in [4.69, 9.17) is 0 Å². The number of carbonyl (C=O) groups excluding carboxylic acids is 1. The van der Waals surface area contributed by atoms with Crippen LogP contribution in [0.15, 0.2) is 24.3 Å². The fourth-order valence-corrected chi connectivity index (χ4v) is 2.28. The van der Waals surface area contributed by atoms with E-state index in [1.54, 1.807) is 12.1 Å². The van der Waals surface area contributed by atoms with Crippen LogP contribution in [-0.2, 0) is 0 Å². The van der Waals surface area contributed by atoms with E-state index in [-0.39, 0.29) is 11.6 Å². The molecule has 18 heavy (non-hydrogen) atoms. The maximum absolute atomic E-state index is 12.8. The molecule has 0 aliphatic heterocycles. The highest BCUT2D eigenvalue weighted by Crippen LogP contribution is 2.27. The van der Waals surface area contributed by atoms with Crippen LogP contribution in [0.1, 0.15) is 36.5 Å². The van der Waals surface area contributed by atoms with Gasteiger partial charge in [0.05, 0.1) is 6.54 Å². The molecule has 1 fully saturated rings. The zero-order valence-electron chi connectivity index (χ0n) is 10.9. The van der Waals surface area contributed by atoms with Crippen molar-refractivity contribution in [2.45, 2.75) is 26.2 Å². The average Bonchev–Trinajstić information content (AvgIpc) is 2.32. The first-order valence-corrected chi connectivity index (χ1v) is 6.70. The standard InChI is InChI=1S/C15H20FNO/c1-2-17(10-12-4-3-5-12)11-15(18)13-6-8-14(16)9-7-13/h6-9,12H,2-5,10-11H2,1H3. The molecule has 3 heteroatoms. The number of ketones is 1. The van der Waals surface area contributed by atoms with E-state index in [2.05, 4.69) is 11.8 Å². The van der Waals surface area contributed by atoms with Gasteiger partial charge in [0.25, 0.3) is 0 Å². The SMILES string of the molecule is CCN(CC(=O)c1ccc(F)cc1)CC1CCC1. The van der Waals surface area contributed by atoms with Crippen LogP contribution in [0.25, 0.3) is 0 Å². The summed E-state index contributed by atoms with van der Waals surface area (Å²) in [5.74, 6) is 0.551. The van der Waals surface area contributed by atoms with Crippen LogP contribution in [0.5, 0.6) is 0 Å². The van der Waals surface area contributed by atoms with Crippen molar-refractivity contribution in [1.82, 2.24) is 4.90 Å². The fourth-order valence-electron chi connectivity index (χ4n) is 2.28. The highest BCUT2D eigenvalue weighted by molar-refractivity contribution is 5.97. The molecule has 1 aromatic rings. The molecule has 1 aromatic carbocycles. The van der Waals surface area contributed by atoms with Gasteiger partial charge in [-0.3, -0.25) is 9.69 Å². The minimum atomic E-state index is -0.298. The van der Waals surface area contributed by atoms with Gasteiger partial charge in [-0.05, 0) is 49.6 Å². The molecule has 0 atom stereocenters. The third-order valence-corrected chi connectivity index (χ3v) is 3.72. The van der Waals surface area contributed by atoms with Gasteiger partial charge in [-0.15, -0.1) is 0 Å². The van der Waals surface area contributed by atoms with E-state index < -0.39 is 0 Å². The number of rotatable bonds is 6. The molecule has 0 bridgehead atoms. The first-order valence-electron chi connectivity index (χ1n) is 6.70. The van der Waals surface area contributed by atoms with Crippen molar-refractivity contribution in [3.63, 3.8) is 0 Å². The number of hydrogen-bond acceptors (Lipinski definition) is 2. The Morgan fingerprint density at radius 1 is 1.33 bits per heavy atom. The summed E-state index contributed by atoms with van der Waals surface area (Å²) in [6.45, 7) is 4.43. The number of Topliss-reactive ketones (excluding diaryl/α,β-unsaturated/α-hetero) is 1. The molecule has 0 saturated heterocycles. The molecule has 1 aliphatic carbocycles. The lowest BCUT2D eigenvalue weighted by Gasteiger charge is -2.31. The molecule has 98 valence electrons. The molecular weight excluding hydrogens is 229 g/mol. The van der Waals surface area contributed by atoms with Gasteiger partial charge in [0, 0.05) is 12.1 Å². The van der Waals surface area contributed by atoms with E-state index in [0.717, 1.165) is 19.0 Å². The Kier molecular flexibility index (Phi) is 4.48. The smallest absolute Gasteiger partial charge is 0.176 e. The van der Waals surface area contributed by atoms with Crippen molar-refractivity contribution in [2.24, 2.45) is 5.92 Å². The molecule has 0 aromatic heterocycles. The largest absolute Gasteiger partial charge is 0.296 e. The average molecular weight is 249 g/mol. The van der Waals surface area contributed by atoms with Crippen LogP contribution in [0.2, 0.25) is 0 Å². The fraction of sp³-hybridized carbons (Fsp3) is 0.533. The monoisotopic (exact) mass is 249 g/mol. The first kappa shape index (κ1) is 13.2. The van der Waals surface area contributed by atoms with E-state index in [0.29, 0.717) is 12.1 Å². The number of nitrogens with zero attached hydrogens (tertiary/aromatic N) is 1. The lowest BCUT2D eigenvalue weighted by atomic mass is 9.85. The van der Waals surface area contributed by atoms with Crippen LogP contribution in [-0.4, -0.2) is 30.3 Å². The molecule has 0 spiro atoms. The van der Waals surface area contributed by atoms with Crippen LogP contribution in [0, 0.1) is 11.7 Å². The molecule has 0 heterocycles. The Bertz CT molecular complexity index is 397. The Morgan fingerprint density at radius 2 is 2.00 bits per heavy atom. The summed E-state index contributed by atoms with van der Waals surface area (Å²) in [7, 11) is 0. The van der Waals surface area contributed by atoms with Crippen LogP contribution in [0.3, 0.4) is 0 Å². The molecule has 1 aliphatic rings. The topological polar surface area (TPSA) is 20.3 Å². The zero-order valence-corrected chi connectivity index (χ0v) is 10.9. The van der Waals surface area contributed by atoms with E-state index >= 15 is 0 Å². The molecule has 0 amide bonds. The second-order valence-electron chi connectivity index (χ2n) is 5.05. The zero-order chi connectivity index (χ0) is 13.0. The first-order chi connectivity index (χ1) is 8.69. The molecular formula is C15H20FNO. The van der Waals surface area contributed by atoms with E-state index in [1.807, 2.05) is 0 Å². The Morgan fingerprint density at radius 3 is 2.50 bits per heavy atom. The second kappa shape index (κ2) is 6.10. The molecule has 0 N–H and O–H groups in total. The summed E-state index contributed by atoms with van der Waals surface area (Å²) in [5, 5.41) is 0. The maximum Gasteiger partial charge on any atom is 0.176 e. The van der Waals surface area contributed by atoms with Gasteiger partial charge in [-0.2, -0.15) is 0 Å². The van der Waals surface area contributed by atoms with Crippen molar-refractivity contribution in [1.29, 1.82) is 0 Å². The van der Waals surface area contributed by atoms with Crippen LogP contribution < -0.4 is 0 Å². The number of hydrogen-bond donors (Lipinski definition) is 0. The van der Waals surface area contributed by atoms with Crippen LogP contribution in [0.4, 0.5) is 4.39 Å². The summed E-state index contributed by atoms with van der Waals surface area (Å²) in [6, 6.07) is 5.81. The predicted octanol–water partition coefficient (Wildman–Crippen LogP) is 3.13. The van der Waals surface area contributed by atoms with Crippen molar-refractivity contribution >= 4 is 5.78 Å². The molecule has 2 nitrogen and oxygen atoms in total. The van der Waals surface area contributed by atoms with Crippen molar-refractivity contribution in [3.05, 3.63) is 35.6 Å². The van der Waals surface area contributed by atoms with Gasteiger partial charge in [0.15, 0.2) is 5.78 Å². The maximum atomic E-state index is 12.8. The van der Waals surface area contributed by atoms with Gasteiger partial charge < -0.3 is 0 Å². The predicted molar refractivity (Wildman–Crippen MR) is 70.2 cm³/mol. The van der Waals surface area contributed by atoms with Gasteiger partial charge in [0.1, 0.15) is 5.82 Å². The summed E-state index contributed by atoms with van der Waals surface area (Å²) in [4.78, 5) is 14.2. The molecule has 2 rings (SSSR count). The number of benzene rings is 1. The van der Waals surface area contributed by atoms with Gasteiger partial charge in [-0.25, -0.2) is 4.39 Å². The number of likely N-dealkylation sites (N-methyl/N-ethyl adjacent to an activating group) is 1. The van der Waals surface area contributed by atoms with E-state index in [9.17, 15) is 9.18 Å². The van der Waals surface area contributed by atoms with Gasteiger partial charge in [0.2, 0.25) is 0 Å². The van der Waals surface area contributed by atoms with Crippen molar-refractivity contribution < 1.29 is 9.18 Å². The van der Waals surface area contributed by atoms with Crippen molar-refractivity contribution in [2.75, 3.05) is 19.6 Å². The highest BCUT2D eigenvalue weighted by atomic mass is 19.1. The third-order valence-electron chi connectivity index (χ3n) is 3.72. The minimum absolute atomic E-state index is 0.0798. The highest BCUT2D eigenvalue weighted by Gasteiger charge is 2.21. The quantitative estimate of drug-likeness (QED) is 0.722. The Balaban J connectivity index is 1.89. The summed E-state index contributed by atoms with van der Waals surface area (Å²) >= 11 is 0. The normalized spacial score (nSPS) is 15.7. The summed E-state index contributed by atoms with van der Waals surface area (Å²) < 4.78 is 12.8. The molecule has 0 unspecified atom stereocenters. The number of halogens is 1. The lowest BCUT2D eigenvalue weighted by molar-refractivity contribution is 0.0905. The van der Waals surface area contributed by atoms with E-state index in [1.165, 1.54) is 31.4 Å². The number of carbonyl (C=O) groups is 1. The molecule has 0 radical (unpaired) electrons. The molecule has 1 saturated carbocycles. The Labute approximate surface area is 108 Å². The van der Waals surface area contributed by atoms with Crippen LogP contribution >= 0.6 is 0 Å². The minimum Gasteiger partial charge on any atom is -0.296 e.